The van der Waals surface area contributed by atoms with Gasteiger partial charge in [-0.25, -0.2) is 8.78 Å². The SMILES string of the molecule is COc1cc(F)c(C(N)CC2CCCCC2)c(F)c1. The third-order valence-corrected chi connectivity index (χ3v) is 3.97. The first-order chi connectivity index (χ1) is 9.11. The van der Waals surface area contributed by atoms with Gasteiger partial charge in [0.1, 0.15) is 17.4 Å². The van der Waals surface area contributed by atoms with Crippen LogP contribution >= 0.6 is 0 Å². The van der Waals surface area contributed by atoms with Crippen LogP contribution < -0.4 is 10.5 Å². The van der Waals surface area contributed by atoms with Gasteiger partial charge in [-0.3, -0.25) is 0 Å². The second-order valence-corrected chi connectivity index (χ2v) is 5.35. The summed E-state index contributed by atoms with van der Waals surface area (Å²) in [6.45, 7) is 0. The average molecular weight is 269 g/mol. The second kappa shape index (κ2) is 6.33. The van der Waals surface area contributed by atoms with Gasteiger partial charge < -0.3 is 10.5 Å². The minimum absolute atomic E-state index is 0.00799. The quantitative estimate of drug-likeness (QED) is 0.898. The lowest BCUT2D eigenvalue weighted by atomic mass is 9.83. The number of ether oxygens (including phenoxy) is 1. The molecule has 0 saturated heterocycles. The zero-order valence-corrected chi connectivity index (χ0v) is 11.3. The van der Waals surface area contributed by atoms with E-state index in [4.69, 9.17) is 10.5 Å². The topological polar surface area (TPSA) is 35.2 Å². The van der Waals surface area contributed by atoms with E-state index in [1.165, 1.54) is 38.5 Å². The first-order valence-corrected chi connectivity index (χ1v) is 6.90. The molecule has 1 aliphatic carbocycles. The van der Waals surface area contributed by atoms with Gasteiger partial charge in [-0.15, -0.1) is 0 Å². The number of hydrogen-bond acceptors (Lipinski definition) is 2. The van der Waals surface area contributed by atoms with Crippen LogP contribution in [0.2, 0.25) is 0 Å². The lowest BCUT2D eigenvalue weighted by molar-refractivity contribution is 0.313. The molecular formula is C15H21F2NO. The Bertz CT molecular complexity index is 407. The first kappa shape index (κ1) is 14.3. The van der Waals surface area contributed by atoms with Gasteiger partial charge in [0.2, 0.25) is 0 Å². The summed E-state index contributed by atoms with van der Waals surface area (Å²) in [6.07, 6.45) is 6.55. The molecule has 0 aromatic heterocycles. The summed E-state index contributed by atoms with van der Waals surface area (Å²) in [7, 11) is 1.38. The average Bonchev–Trinajstić information content (AvgIpc) is 2.38. The van der Waals surface area contributed by atoms with Gasteiger partial charge in [0.05, 0.1) is 7.11 Å². The Morgan fingerprint density at radius 2 is 1.79 bits per heavy atom. The summed E-state index contributed by atoms with van der Waals surface area (Å²) < 4.78 is 32.6. The molecule has 1 aliphatic rings. The van der Waals surface area contributed by atoms with Crippen molar-refractivity contribution in [2.24, 2.45) is 11.7 Å². The van der Waals surface area contributed by atoms with Crippen molar-refractivity contribution in [3.05, 3.63) is 29.3 Å². The van der Waals surface area contributed by atoms with Crippen LogP contribution in [0.4, 0.5) is 8.78 Å². The predicted octanol–water partition coefficient (Wildman–Crippen LogP) is 3.94. The Balaban J connectivity index is 2.11. The van der Waals surface area contributed by atoms with Gasteiger partial charge in [-0.05, 0) is 12.3 Å². The lowest BCUT2D eigenvalue weighted by Gasteiger charge is -2.25. The normalized spacial score (nSPS) is 18.3. The number of methoxy groups -OCH3 is 1. The zero-order valence-electron chi connectivity index (χ0n) is 11.3. The Labute approximate surface area is 112 Å². The third-order valence-electron chi connectivity index (χ3n) is 3.97. The second-order valence-electron chi connectivity index (χ2n) is 5.35. The predicted molar refractivity (Wildman–Crippen MR) is 71.0 cm³/mol. The van der Waals surface area contributed by atoms with Crippen molar-refractivity contribution < 1.29 is 13.5 Å². The van der Waals surface area contributed by atoms with Gasteiger partial charge >= 0.3 is 0 Å². The van der Waals surface area contributed by atoms with E-state index >= 15 is 0 Å². The summed E-state index contributed by atoms with van der Waals surface area (Å²) >= 11 is 0. The van der Waals surface area contributed by atoms with E-state index < -0.39 is 17.7 Å². The molecule has 0 bridgehead atoms. The number of rotatable bonds is 4. The van der Waals surface area contributed by atoms with Crippen LogP contribution in [0.15, 0.2) is 12.1 Å². The van der Waals surface area contributed by atoms with Crippen LogP contribution in [0.25, 0.3) is 0 Å². The van der Waals surface area contributed by atoms with Gasteiger partial charge in [0.25, 0.3) is 0 Å². The van der Waals surface area contributed by atoms with Crippen molar-refractivity contribution in [1.82, 2.24) is 0 Å². The van der Waals surface area contributed by atoms with Crippen molar-refractivity contribution in [2.45, 2.75) is 44.6 Å². The molecule has 1 atom stereocenters. The molecular weight excluding hydrogens is 248 g/mol. The summed E-state index contributed by atoms with van der Waals surface area (Å²) in [5.74, 6) is -0.548. The van der Waals surface area contributed by atoms with E-state index in [1.54, 1.807) is 0 Å². The molecule has 0 radical (unpaired) electrons. The minimum Gasteiger partial charge on any atom is -0.497 e. The standard InChI is InChI=1S/C15H21F2NO/c1-19-11-8-12(16)15(13(17)9-11)14(18)7-10-5-3-2-4-6-10/h8-10,14H,2-7,18H2,1H3. The zero-order chi connectivity index (χ0) is 13.8. The molecule has 106 valence electrons. The van der Waals surface area contributed by atoms with Crippen molar-refractivity contribution in [2.75, 3.05) is 7.11 Å². The summed E-state index contributed by atoms with van der Waals surface area (Å²) in [4.78, 5) is 0. The van der Waals surface area contributed by atoms with E-state index in [0.29, 0.717) is 12.3 Å². The van der Waals surface area contributed by atoms with Gasteiger partial charge in [-0.2, -0.15) is 0 Å². The highest BCUT2D eigenvalue weighted by Gasteiger charge is 2.23. The van der Waals surface area contributed by atoms with Gasteiger partial charge in [0.15, 0.2) is 0 Å². The molecule has 1 saturated carbocycles. The summed E-state index contributed by atoms with van der Waals surface area (Å²) in [6, 6.07) is 1.81. The molecule has 0 heterocycles. The van der Waals surface area contributed by atoms with Crippen molar-refractivity contribution >= 4 is 0 Å². The van der Waals surface area contributed by atoms with Crippen LogP contribution in [0.5, 0.6) is 5.75 Å². The number of hydrogen-bond donors (Lipinski definition) is 1. The van der Waals surface area contributed by atoms with Crippen molar-refractivity contribution in [1.29, 1.82) is 0 Å². The molecule has 2 N–H and O–H groups in total. The molecule has 2 rings (SSSR count). The van der Waals surface area contributed by atoms with E-state index in [1.807, 2.05) is 0 Å². The molecule has 1 unspecified atom stereocenters. The molecule has 1 aromatic rings. The Hall–Kier alpha value is -1.16. The van der Waals surface area contributed by atoms with E-state index in [-0.39, 0.29) is 11.3 Å². The maximum Gasteiger partial charge on any atom is 0.134 e. The first-order valence-electron chi connectivity index (χ1n) is 6.90. The Morgan fingerprint density at radius 1 is 1.21 bits per heavy atom. The number of nitrogens with two attached hydrogens (primary N) is 1. The van der Waals surface area contributed by atoms with E-state index in [2.05, 4.69) is 0 Å². The molecule has 1 fully saturated rings. The minimum atomic E-state index is -0.611. The highest BCUT2D eigenvalue weighted by atomic mass is 19.1. The fraction of sp³-hybridized carbons (Fsp3) is 0.600. The molecule has 2 nitrogen and oxygen atoms in total. The highest BCUT2D eigenvalue weighted by Crippen LogP contribution is 2.33. The fourth-order valence-electron chi connectivity index (χ4n) is 2.93. The maximum absolute atomic E-state index is 13.9. The lowest BCUT2D eigenvalue weighted by Crippen LogP contribution is -2.20. The van der Waals surface area contributed by atoms with Crippen LogP contribution in [0.1, 0.15) is 50.1 Å². The Kier molecular flexibility index (Phi) is 4.75. The molecule has 4 heteroatoms. The molecule has 19 heavy (non-hydrogen) atoms. The molecule has 0 amide bonds. The van der Waals surface area contributed by atoms with Crippen LogP contribution in [0, 0.1) is 17.6 Å². The van der Waals surface area contributed by atoms with E-state index in [0.717, 1.165) is 12.8 Å². The smallest absolute Gasteiger partial charge is 0.134 e. The third kappa shape index (κ3) is 3.44. The number of halogens is 2. The highest BCUT2D eigenvalue weighted by molar-refractivity contribution is 5.32. The number of benzene rings is 1. The maximum atomic E-state index is 13.9. The van der Waals surface area contributed by atoms with Crippen molar-refractivity contribution in [3.8, 4) is 5.75 Å². The molecule has 0 aliphatic heterocycles. The Morgan fingerprint density at radius 3 is 2.32 bits per heavy atom. The van der Waals surface area contributed by atoms with Gasteiger partial charge in [0, 0.05) is 23.7 Å². The van der Waals surface area contributed by atoms with Gasteiger partial charge in [-0.1, -0.05) is 32.1 Å². The van der Waals surface area contributed by atoms with Crippen LogP contribution in [-0.2, 0) is 0 Å². The van der Waals surface area contributed by atoms with Crippen LogP contribution in [-0.4, -0.2) is 7.11 Å². The largest absolute Gasteiger partial charge is 0.497 e. The van der Waals surface area contributed by atoms with Crippen LogP contribution in [0.3, 0.4) is 0 Å². The molecule has 1 aromatic carbocycles. The van der Waals surface area contributed by atoms with Crippen molar-refractivity contribution in [3.63, 3.8) is 0 Å². The fourth-order valence-corrected chi connectivity index (χ4v) is 2.93. The summed E-state index contributed by atoms with van der Waals surface area (Å²) in [5, 5.41) is 0. The molecule has 0 spiro atoms. The monoisotopic (exact) mass is 269 g/mol. The van der Waals surface area contributed by atoms with E-state index in [9.17, 15) is 8.78 Å². The summed E-state index contributed by atoms with van der Waals surface area (Å²) in [5.41, 5.74) is 5.99.